The van der Waals surface area contributed by atoms with Crippen LogP contribution in [0.4, 0.5) is 11.4 Å². The molecule has 0 radical (unpaired) electrons. The number of anilines is 1. The van der Waals surface area contributed by atoms with Gasteiger partial charge in [-0.05, 0) is 25.3 Å². The third kappa shape index (κ3) is 2.58. The fourth-order valence-electron chi connectivity index (χ4n) is 2.31. The van der Waals surface area contributed by atoms with Crippen LogP contribution in [0.2, 0.25) is 0 Å². The lowest BCUT2D eigenvalue weighted by atomic mass is 10.1. The molecule has 96 valence electrons. The van der Waals surface area contributed by atoms with E-state index in [9.17, 15) is 14.9 Å². The average Bonchev–Trinajstić information content (AvgIpc) is 2.78. The van der Waals surface area contributed by atoms with Gasteiger partial charge in [0.1, 0.15) is 5.69 Å². The van der Waals surface area contributed by atoms with Crippen LogP contribution in [0.1, 0.15) is 19.3 Å². The molecule has 2 rings (SSSR count). The molecule has 0 amide bonds. The van der Waals surface area contributed by atoms with Crippen molar-refractivity contribution in [1.82, 2.24) is 0 Å². The number of nitrogens with zero attached hydrogens (tertiary/aromatic N) is 1. The highest BCUT2D eigenvalue weighted by Crippen LogP contribution is 2.31. The van der Waals surface area contributed by atoms with E-state index in [1.54, 1.807) is 18.2 Å². The van der Waals surface area contributed by atoms with Crippen LogP contribution >= 0.6 is 0 Å². The number of carboxylic acids is 1. The van der Waals surface area contributed by atoms with Crippen molar-refractivity contribution in [2.45, 2.75) is 25.3 Å². The summed E-state index contributed by atoms with van der Waals surface area (Å²) in [5.41, 5.74) is 0.481. The van der Waals surface area contributed by atoms with Crippen molar-refractivity contribution >= 4 is 17.3 Å². The van der Waals surface area contributed by atoms with Crippen LogP contribution in [0.3, 0.4) is 0 Å². The van der Waals surface area contributed by atoms with Crippen LogP contribution in [0.25, 0.3) is 0 Å². The number of nitro groups is 1. The van der Waals surface area contributed by atoms with Gasteiger partial charge in [-0.3, -0.25) is 14.9 Å². The van der Waals surface area contributed by atoms with E-state index in [-0.39, 0.29) is 17.6 Å². The number of nitro benzene ring substituents is 1. The minimum Gasteiger partial charge on any atom is -0.481 e. The minimum absolute atomic E-state index is 0.00722. The Morgan fingerprint density at radius 3 is 2.72 bits per heavy atom. The maximum absolute atomic E-state index is 10.8. The summed E-state index contributed by atoms with van der Waals surface area (Å²) in [5.74, 6) is -1.13. The molecule has 6 heteroatoms. The predicted molar refractivity (Wildman–Crippen MR) is 65.5 cm³/mol. The number of para-hydroxylation sites is 2. The van der Waals surface area contributed by atoms with Gasteiger partial charge in [0.15, 0.2) is 0 Å². The highest BCUT2D eigenvalue weighted by molar-refractivity contribution is 5.71. The van der Waals surface area contributed by atoms with E-state index in [1.165, 1.54) is 6.07 Å². The fourth-order valence-corrected chi connectivity index (χ4v) is 2.31. The first kappa shape index (κ1) is 12.3. The SMILES string of the molecule is O=C(O)C1CCC(Nc2ccccc2[N+](=O)[O-])C1. The van der Waals surface area contributed by atoms with Crippen LogP contribution < -0.4 is 5.32 Å². The van der Waals surface area contributed by atoms with Crippen LogP contribution in [0, 0.1) is 16.0 Å². The molecule has 1 aliphatic rings. The maximum atomic E-state index is 10.8. The fraction of sp³-hybridized carbons (Fsp3) is 0.417. The van der Waals surface area contributed by atoms with Gasteiger partial charge in [-0.15, -0.1) is 0 Å². The highest BCUT2D eigenvalue weighted by Gasteiger charge is 2.30. The normalized spacial score (nSPS) is 22.7. The molecule has 18 heavy (non-hydrogen) atoms. The zero-order valence-electron chi connectivity index (χ0n) is 9.70. The second-order valence-electron chi connectivity index (χ2n) is 4.46. The summed E-state index contributed by atoms with van der Waals surface area (Å²) in [6.45, 7) is 0. The summed E-state index contributed by atoms with van der Waals surface area (Å²) in [6.07, 6.45) is 1.86. The molecule has 0 spiro atoms. The maximum Gasteiger partial charge on any atom is 0.306 e. The second-order valence-corrected chi connectivity index (χ2v) is 4.46. The van der Waals surface area contributed by atoms with Gasteiger partial charge in [-0.1, -0.05) is 12.1 Å². The topological polar surface area (TPSA) is 92.5 Å². The van der Waals surface area contributed by atoms with E-state index in [0.717, 1.165) is 6.42 Å². The summed E-state index contributed by atoms with van der Waals surface area (Å²) < 4.78 is 0. The van der Waals surface area contributed by atoms with E-state index < -0.39 is 10.9 Å². The number of rotatable bonds is 4. The molecule has 1 fully saturated rings. The van der Waals surface area contributed by atoms with Crippen molar-refractivity contribution in [3.8, 4) is 0 Å². The molecular formula is C12H14N2O4. The molecular weight excluding hydrogens is 236 g/mol. The Hall–Kier alpha value is -2.11. The highest BCUT2D eigenvalue weighted by atomic mass is 16.6. The Kier molecular flexibility index (Phi) is 3.45. The molecule has 0 heterocycles. The molecule has 2 atom stereocenters. The Balaban J connectivity index is 2.07. The lowest BCUT2D eigenvalue weighted by Crippen LogP contribution is -2.18. The average molecular weight is 250 g/mol. The number of benzene rings is 1. The van der Waals surface area contributed by atoms with Gasteiger partial charge >= 0.3 is 5.97 Å². The quantitative estimate of drug-likeness (QED) is 0.631. The van der Waals surface area contributed by atoms with Crippen molar-refractivity contribution < 1.29 is 14.8 Å². The van der Waals surface area contributed by atoms with Crippen LogP contribution in [0.5, 0.6) is 0 Å². The number of carboxylic acid groups (broad SMARTS) is 1. The summed E-state index contributed by atoms with van der Waals surface area (Å²) >= 11 is 0. The summed E-state index contributed by atoms with van der Waals surface area (Å²) in [5, 5.41) is 22.8. The van der Waals surface area contributed by atoms with Gasteiger partial charge < -0.3 is 10.4 Å². The van der Waals surface area contributed by atoms with Crippen LogP contribution in [-0.2, 0) is 4.79 Å². The zero-order valence-corrected chi connectivity index (χ0v) is 9.70. The van der Waals surface area contributed by atoms with E-state index in [0.29, 0.717) is 18.5 Å². The number of hydrogen-bond donors (Lipinski definition) is 2. The van der Waals surface area contributed by atoms with Gasteiger partial charge in [0.05, 0.1) is 10.8 Å². The second kappa shape index (κ2) is 5.03. The first-order chi connectivity index (χ1) is 8.58. The molecule has 0 bridgehead atoms. The smallest absolute Gasteiger partial charge is 0.306 e. The lowest BCUT2D eigenvalue weighted by Gasteiger charge is -2.13. The van der Waals surface area contributed by atoms with Gasteiger partial charge in [0.25, 0.3) is 5.69 Å². The van der Waals surface area contributed by atoms with Crippen molar-refractivity contribution in [3.05, 3.63) is 34.4 Å². The van der Waals surface area contributed by atoms with Gasteiger partial charge in [0.2, 0.25) is 0 Å². The van der Waals surface area contributed by atoms with Crippen molar-refractivity contribution in [1.29, 1.82) is 0 Å². The number of aliphatic carboxylic acids is 1. The Bertz CT molecular complexity index is 475. The lowest BCUT2D eigenvalue weighted by molar-refractivity contribution is -0.384. The summed E-state index contributed by atoms with van der Waals surface area (Å²) in [4.78, 5) is 21.2. The molecule has 2 N–H and O–H groups in total. The largest absolute Gasteiger partial charge is 0.481 e. The van der Waals surface area contributed by atoms with Crippen molar-refractivity contribution in [2.24, 2.45) is 5.92 Å². The third-order valence-corrected chi connectivity index (χ3v) is 3.24. The predicted octanol–water partition coefficient (Wildman–Crippen LogP) is 2.26. The number of carbonyl (C=O) groups is 1. The van der Waals surface area contributed by atoms with E-state index in [2.05, 4.69) is 5.32 Å². The first-order valence-electron chi connectivity index (χ1n) is 5.80. The molecule has 1 aromatic carbocycles. The number of hydrogen-bond acceptors (Lipinski definition) is 4. The molecule has 0 aliphatic heterocycles. The monoisotopic (exact) mass is 250 g/mol. The molecule has 1 saturated carbocycles. The van der Waals surface area contributed by atoms with Gasteiger partial charge in [-0.25, -0.2) is 0 Å². The molecule has 6 nitrogen and oxygen atoms in total. The van der Waals surface area contributed by atoms with Crippen LogP contribution in [0.15, 0.2) is 24.3 Å². The zero-order chi connectivity index (χ0) is 13.1. The third-order valence-electron chi connectivity index (χ3n) is 3.24. The number of nitrogens with one attached hydrogen (secondary N) is 1. The minimum atomic E-state index is -0.790. The van der Waals surface area contributed by atoms with Crippen molar-refractivity contribution in [2.75, 3.05) is 5.32 Å². The Labute approximate surface area is 104 Å². The van der Waals surface area contributed by atoms with E-state index in [1.807, 2.05) is 0 Å². The van der Waals surface area contributed by atoms with E-state index in [4.69, 9.17) is 5.11 Å². The molecule has 2 unspecified atom stereocenters. The summed E-state index contributed by atoms with van der Waals surface area (Å²) in [6, 6.07) is 6.40. The molecule has 1 aliphatic carbocycles. The van der Waals surface area contributed by atoms with Gasteiger partial charge in [-0.2, -0.15) is 0 Å². The Morgan fingerprint density at radius 2 is 2.11 bits per heavy atom. The van der Waals surface area contributed by atoms with Gasteiger partial charge in [0, 0.05) is 12.1 Å². The van der Waals surface area contributed by atoms with Crippen molar-refractivity contribution in [3.63, 3.8) is 0 Å². The summed E-state index contributed by atoms with van der Waals surface area (Å²) in [7, 11) is 0. The Morgan fingerprint density at radius 1 is 1.39 bits per heavy atom. The molecule has 0 aromatic heterocycles. The molecule has 1 aromatic rings. The molecule has 0 saturated heterocycles. The standard InChI is InChI=1S/C12H14N2O4/c15-12(16)8-5-6-9(7-8)13-10-3-1-2-4-11(10)14(17)18/h1-4,8-9,13H,5-7H2,(H,15,16). The van der Waals surface area contributed by atoms with E-state index >= 15 is 0 Å². The first-order valence-corrected chi connectivity index (χ1v) is 5.80. The van der Waals surface area contributed by atoms with Crippen LogP contribution in [-0.4, -0.2) is 22.0 Å².